The van der Waals surface area contributed by atoms with Gasteiger partial charge in [0.25, 0.3) is 0 Å². The molecule has 2 heterocycles. The highest BCUT2D eigenvalue weighted by Crippen LogP contribution is 2.31. The number of nitrogens with zero attached hydrogens (tertiary/aromatic N) is 3. The lowest BCUT2D eigenvalue weighted by Gasteiger charge is -2.36. The minimum atomic E-state index is -0.591. The fraction of sp³-hybridized carbons (Fsp3) is 0.400. The van der Waals surface area contributed by atoms with Crippen molar-refractivity contribution in [3.8, 4) is 0 Å². The minimum absolute atomic E-state index is 0.0175. The van der Waals surface area contributed by atoms with E-state index in [9.17, 15) is 14.4 Å². The molecule has 1 unspecified atom stereocenters. The molecule has 9 heteroatoms. The molecule has 1 aliphatic heterocycles. The van der Waals surface area contributed by atoms with Gasteiger partial charge in [-0.2, -0.15) is 0 Å². The molecule has 1 aromatic heterocycles. The second-order valence-electron chi connectivity index (χ2n) is 10.6. The van der Waals surface area contributed by atoms with Crippen molar-refractivity contribution in [2.45, 2.75) is 71.2 Å². The van der Waals surface area contributed by atoms with Crippen LogP contribution < -0.4 is 16.4 Å². The van der Waals surface area contributed by atoms with E-state index in [4.69, 9.17) is 5.73 Å². The first-order chi connectivity index (χ1) is 18.9. The van der Waals surface area contributed by atoms with Crippen LogP contribution in [0.5, 0.6) is 0 Å². The zero-order chi connectivity index (χ0) is 27.4. The number of rotatable bonds is 8. The molecule has 39 heavy (non-hydrogen) atoms. The SMILES string of the molecule is Cc1ccccc1Cn1cnc2c1CN(C(=O)C1CCCC1)C(C(=O)NCc1ccc(CNC(N)=O)cc1)C2. The largest absolute Gasteiger partial charge is 0.352 e. The monoisotopic (exact) mass is 528 g/mol. The Kier molecular flexibility index (Phi) is 7.95. The Morgan fingerprint density at radius 2 is 1.64 bits per heavy atom. The summed E-state index contributed by atoms with van der Waals surface area (Å²) >= 11 is 0. The number of amides is 4. The Labute approximate surface area is 228 Å². The number of nitrogens with two attached hydrogens (primary N) is 1. The third kappa shape index (κ3) is 6.13. The Morgan fingerprint density at radius 1 is 0.974 bits per heavy atom. The van der Waals surface area contributed by atoms with E-state index in [2.05, 4.69) is 39.2 Å². The third-order valence-corrected chi connectivity index (χ3v) is 7.96. The summed E-state index contributed by atoms with van der Waals surface area (Å²) in [4.78, 5) is 44.6. The zero-order valence-corrected chi connectivity index (χ0v) is 22.4. The molecule has 1 fully saturated rings. The van der Waals surface area contributed by atoms with Crippen molar-refractivity contribution in [1.82, 2.24) is 25.1 Å². The van der Waals surface area contributed by atoms with E-state index in [0.717, 1.165) is 48.2 Å². The van der Waals surface area contributed by atoms with Crippen LogP contribution in [0.1, 0.15) is 59.3 Å². The van der Waals surface area contributed by atoms with E-state index in [1.54, 1.807) is 4.90 Å². The summed E-state index contributed by atoms with van der Waals surface area (Å²) < 4.78 is 2.12. The zero-order valence-electron chi connectivity index (χ0n) is 22.4. The van der Waals surface area contributed by atoms with Gasteiger partial charge in [-0.15, -0.1) is 0 Å². The van der Waals surface area contributed by atoms with Crippen LogP contribution in [0, 0.1) is 12.8 Å². The van der Waals surface area contributed by atoms with Crippen LogP contribution in [-0.4, -0.2) is 38.3 Å². The van der Waals surface area contributed by atoms with Gasteiger partial charge in [-0.25, -0.2) is 9.78 Å². The second kappa shape index (κ2) is 11.7. The molecule has 5 rings (SSSR count). The van der Waals surface area contributed by atoms with Crippen molar-refractivity contribution in [3.05, 3.63) is 88.5 Å². The van der Waals surface area contributed by atoms with Crippen molar-refractivity contribution in [1.29, 1.82) is 0 Å². The molecule has 0 saturated heterocycles. The second-order valence-corrected chi connectivity index (χ2v) is 10.6. The van der Waals surface area contributed by atoms with Crippen LogP contribution in [0.3, 0.4) is 0 Å². The lowest BCUT2D eigenvalue weighted by atomic mass is 9.97. The number of primary amides is 1. The van der Waals surface area contributed by atoms with E-state index in [1.807, 2.05) is 42.7 Å². The number of benzene rings is 2. The maximum atomic E-state index is 13.7. The van der Waals surface area contributed by atoms with Gasteiger partial charge in [0.15, 0.2) is 0 Å². The summed E-state index contributed by atoms with van der Waals surface area (Å²) in [5, 5.41) is 5.60. The van der Waals surface area contributed by atoms with Gasteiger partial charge >= 0.3 is 6.03 Å². The van der Waals surface area contributed by atoms with Crippen molar-refractivity contribution in [3.63, 3.8) is 0 Å². The topological polar surface area (TPSA) is 122 Å². The number of carbonyl (C=O) groups is 3. The predicted octanol–water partition coefficient (Wildman–Crippen LogP) is 3.17. The van der Waals surface area contributed by atoms with Gasteiger partial charge in [-0.1, -0.05) is 61.4 Å². The van der Waals surface area contributed by atoms with Gasteiger partial charge in [0, 0.05) is 32.0 Å². The first-order valence-electron chi connectivity index (χ1n) is 13.7. The quantitative estimate of drug-likeness (QED) is 0.416. The number of fused-ring (bicyclic) bond motifs is 1. The average Bonchev–Trinajstić information content (AvgIpc) is 3.62. The molecule has 9 nitrogen and oxygen atoms in total. The normalized spacial score (nSPS) is 17.1. The van der Waals surface area contributed by atoms with Crippen LogP contribution in [0.4, 0.5) is 4.79 Å². The molecule has 4 amide bonds. The highest BCUT2D eigenvalue weighted by atomic mass is 16.2. The molecule has 204 valence electrons. The van der Waals surface area contributed by atoms with Gasteiger partial charge in [0.05, 0.1) is 24.3 Å². The Bertz CT molecular complexity index is 1340. The standard InChI is InChI=1S/C30H36N6O3/c1-20-6-2-3-9-24(20)17-35-19-34-25-14-26(36(18-27(25)35)29(38)23-7-4-5-8-23)28(37)32-15-21-10-12-22(13-11-21)16-33-30(31)39/h2-3,6,9-13,19,23,26H,4-5,7-8,14-18H2,1H3,(H,32,37)(H3,31,33,39). The number of aryl methyl sites for hydroxylation is 1. The smallest absolute Gasteiger partial charge is 0.312 e. The van der Waals surface area contributed by atoms with E-state index >= 15 is 0 Å². The molecule has 2 aromatic carbocycles. The maximum absolute atomic E-state index is 13.7. The number of hydrogen-bond donors (Lipinski definition) is 3. The molecule has 0 radical (unpaired) electrons. The van der Waals surface area contributed by atoms with Gasteiger partial charge in [-0.05, 0) is 42.0 Å². The summed E-state index contributed by atoms with van der Waals surface area (Å²) in [7, 11) is 0. The number of carbonyl (C=O) groups excluding carboxylic acids is 3. The van der Waals surface area contributed by atoms with Crippen molar-refractivity contribution in [2.75, 3.05) is 0 Å². The first-order valence-corrected chi connectivity index (χ1v) is 13.7. The molecule has 1 aliphatic carbocycles. The van der Waals surface area contributed by atoms with E-state index in [0.29, 0.717) is 32.6 Å². The molecule has 0 bridgehead atoms. The van der Waals surface area contributed by atoms with Crippen LogP contribution >= 0.6 is 0 Å². The van der Waals surface area contributed by atoms with Crippen molar-refractivity contribution >= 4 is 17.8 Å². The van der Waals surface area contributed by atoms with E-state index in [1.165, 1.54) is 11.1 Å². The molecular formula is C30H36N6O3. The first kappa shape index (κ1) is 26.5. The van der Waals surface area contributed by atoms with Gasteiger partial charge < -0.3 is 25.8 Å². The number of imidazole rings is 1. The molecule has 2 aliphatic rings. The number of nitrogens with one attached hydrogen (secondary N) is 2. The predicted molar refractivity (Wildman–Crippen MR) is 147 cm³/mol. The van der Waals surface area contributed by atoms with Gasteiger partial charge in [0.2, 0.25) is 11.8 Å². The number of hydrogen-bond acceptors (Lipinski definition) is 4. The van der Waals surface area contributed by atoms with Gasteiger partial charge in [-0.3, -0.25) is 9.59 Å². The van der Waals surface area contributed by atoms with Gasteiger partial charge in [0.1, 0.15) is 6.04 Å². The fourth-order valence-electron chi connectivity index (χ4n) is 5.62. The van der Waals surface area contributed by atoms with Crippen LogP contribution in [0.25, 0.3) is 0 Å². The Morgan fingerprint density at radius 3 is 2.31 bits per heavy atom. The van der Waals surface area contributed by atoms with E-state index < -0.39 is 12.1 Å². The number of aromatic nitrogens is 2. The summed E-state index contributed by atoms with van der Waals surface area (Å²) in [6, 6.07) is 14.7. The highest BCUT2D eigenvalue weighted by Gasteiger charge is 2.39. The highest BCUT2D eigenvalue weighted by molar-refractivity contribution is 5.89. The molecule has 4 N–H and O–H groups in total. The van der Waals surface area contributed by atoms with Crippen LogP contribution in [-0.2, 0) is 42.2 Å². The lowest BCUT2D eigenvalue weighted by molar-refractivity contribution is -0.145. The summed E-state index contributed by atoms with van der Waals surface area (Å²) in [5.41, 5.74) is 11.3. The third-order valence-electron chi connectivity index (χ3n) is 7.96. The lowest BCUT2D eigenvalue weighted by Crippen LogP contribution is -2.54. The van der Waals surface area contributed by atoms with Crippen molar-refractivity contribution < 1.29 is 14.4 Å². The summed E-state index contributed by atoms with van der Waals surface area (Å²) in [6.07, 6.45) is 6.12. The van der Waals surface area contributed by atoms with Crippen LogP contribution in [0.15, 0.2) is 54.9 Å². The molecule has 1 saturated carbocycles. The summed E-state index contributed by atoms with van der Waals surface area (Å²) in [5.74, 6) is -0.107. The average molecular weight is 529 g/mol. The molecule has 3 aromatic rings. The van der Waals surface area contributed by atoms with Crippen molar-refractivity contribution in [2.24, 2.45) is 11.7 Å². The fourth-order valence-corrected chi connectivity index (χ4v) is 5.62. The molecular weight excluding hydrogens is 492 g/mol. The van der Waals surface area contributed by atoms with E-state index in [-0.39, 0.29) is 17.7 Å². The number of urea groups is 1. The minimum Gasteiger partial charge on any atom is -0.352 e. The Hall–Kier alpha value is -4.14. The maximum Gasteiger partial charge on any atom is 0.312 e. The summed E-state index contributed by atoms with van der Waals surface area (Å²) in [6.45, 7) is 3.86. The van der Waals surface area contributed by atoms with Crippen LogP contribution in [0.2, 0.25) is 0 Å². The molecule has 0 spiro atoms. The molecule has 1 atom stereocenters. The Balaban J connectivity index is 1.31.